The van der Waals surface area contributed by atoms with E-state index >= 15 is 0 Å². The summed E-state index contributed by atoms with van der Waals surface area (Å²) in [5.74, 6) is 1.33. The summed E-state index contributed by atoms with van der Waals surface area (Å²) in [5, 5.41) is 0. The third-order valence-electron chi connectivity index (χ3n) is 6.67. The Balaban J connectivity index is 1.55. The fraction of sp³-hybridized carbons (Fsp3) is 0.219. The van der Waals surface area contributed by atoms with Crippen LogP contribution in [0.15, 0.2) is 93.9 Å². The fourth-order valence-electron chi connectivity index (χ4n) is 4.67. The van der Waals surface area contributed by atoms with Crippen LogP contribution in [0.5, 0.6) is 17.2 Å². The molecule has 41 heavy (non-hydrogen) atoms. The van der Waals surface area contributed by atoms with Gasteiger partial charge in [0.05, 0.1) is 42.7 Å². The molecule has 0 aliphatic carbocycles. The van der Waals surface area contributed by atoms with Gasteiger partial charge in [-0.15, -0.1) is 0 Å². The van der Waals surface area contributed by atoms with E-state index in [4.69, 9.17) is 18.9 Å². The molecule has 0 spiro atoms. The predicted molar refractivity (Wildman–Crippen MR) is 157 cm³/mol. The highest BCUT2D eigenvalue weighted by atomic mass is 32.1. The summed E-state index contributed by atoms with van der Waals surface area (Å²) in [4.78, 5) is 32.1. The molecular formula is C32H30N2O6S. The van der Waals surface area contributed by atoms with Crippen molar-refractivity contribution in [1.29, 1.82) is 0 Å². The van der Waals surface area contributed by atoms with Gasteiger partial charge in [0.25, 0.3) is 5.56 Å². The molecule has 2 heterocycles. The van der Waals surface area contributed by atoms with Crippen LogP contribution in [0, 0.1) is 0 Å². The van der Waals surface area contributed by atoms with E-state index < -0.39 is 12.0 Å². The molecule has 1 aliphatic rings. The molecule has 0 saturated heterocycles. The average molecular weight is 571 g/mol. The van der Waals surface area contributed by atoms with E-state index in [-0.39, 0.29) is 12.2 Å². The number of ether oxygens (including phenoxy) is 4. The van der Waals surface area contributed by atoms with Crippen LogP contribution < -0.4 is 29.1 Å². The molecule has 9 heteroatoms. The summed E-state index contributed by atoms with van der Waals surface area (Å²) in [6.45, 7) is 4.13. The number of benzene rings is 3. The topological polar surface area (TPSA) is 88.4 Å². The molecule has 1 atom stereocenters. The molecule has 0 radical (unpaired) electrons. The highest BCUT2D eigenvalue weighted by Gasteiger charge is 2.33. The molecule has 5 rings (SSSR count). The Labute approximate surface area is 241 Å². The van der Waals surface area contributed by atoms with Gasteiger partial charge in [0.15, 0.2) is 16.3 Å². The molecule has 1 aliphatic heterocycles. The van der Waals surface area contributed by atoms with Crippen molar-refractivity contribution in [2.75, 3.05) is 20.8 Å². The van der Waals surface area contributed by atoms with Crippen molar-refractivity contribution in [1.82, 2.24) is 4.57 Å². The Morgan fingerprint density at radius 3 is 2.44 bits per heavy atom. The maximum atomic E-state index is 13.9. The maximum Gasteiger partial charge on any atom is 0.338 e. The highest BCUT2D eigenvalue weighted by Crippen LogP contribution is 2.32. The van der Waals surface area contributed by atoms with Crippen LogP contribution >= 0.6 is 11.3 Å². The number of carbonyl (C=O) groups is 1. The Bertz CT molecular complexity index is 1770. The Kier molecular flexibility index (Phi) is 8.35. The molecule has 0 unspecified atom stereocenters. The molecule has 4 aromatic rings. The van der Waals surface area contributed by atoms with Crippen LogP contribution in [-0.2, 0) is 16.1 Å². The highest BCUT2D eigenvalue weighted by molar-refractivity contribution is 7.07. The first-order valence-electron chi connectivity index (χ1n) is 13.1. The number of methoxy groups -OCH3 is 2. The molecule has 0 amide bonds. The van der Waals surface area contributed by atoms with Crippen molar-refractivity contribution < 1.29 is 23.7 Å². The summed E-state index contributed by atoms with van der Waals surface area (Å²) in [6.07, 6.45) is 1.79. The second-order valence-corrected chi connectivity index (χ2v) is 10.3. The third-order valence-corrected chi connectivity index (χ3v) is 7.65. The van der Waals surface area contributed by atoms with Crippen LogP contribution in [0.1, 0.15) is 36.6 Å². The van der Waals surface area contributed by atoms with Crippen LogP contribution in [0.25, 0.3) is 6.08 Å². The largest absolute Gasteiger partial charge is 0.497 e. The Morgan fingerprint density at radius 1 is 1.00 bits per heavy atom. The molecule has 0 bridgehead atoms. The summed E-state index contributed by atoms with van der Waals surface area (Å²) in [7, 11) is 3.17. The van der Waals surface area contributed by atoms with E-state index in [0.29, 0.717) is 44.5 Å². The first kappa shape index (κ1) is 27.9. The van der Waals surface area contributed by atoms with Gasteiger partial charge in [-0.2, -0.15) is 0 Å². The normalized spacial score (nSPS) is 14.7. The number of fused-ring (bicyclic) bond motifs is 1. The molecule has 0 N–H and O–H groups in total. The minimum Gasteiger partial charge on any atom is -0.497 e. The number of esters is 1. The van der Waals surface area contributed by atoms with E-state index in [2.05, 4.69) is 4.99 Å². The summed E-state index contributed by atoms with van der Waals surface area (Å²) in [6, 6.07) is 22.0. The first-order chi connectivity index (χ1) is 19.9. The van der Waals surface area contributed by atoms with E-state index in [9.17, 15) is 9.59 Å². The van der Waals surface area contributed by atoms with Crippen LogP contribution in [0.2, 0.25) is 0 Å². The lowest BCUT2D eigenvalue weighted by Crippen LogP contribution is -2.39. The first-order valence-corrected chi connectivity index (χ1v) is 13.9. The number of hydrogen-bond acceptors (Lipinski definition) is 8. The Hall–Kier alpha value is -4.63. The number of carbonyl (C=O) groups excluding carboxylic acids is 1. The zero-order valence-electron chi connectivity index (χ0n) is 23.2. The monoisotopic (exact) mass is 570 g/mol. The molecule has 8 nitrogen and oxygen atoms in total. The van der Waals surface area contributed by atoms with Gasteiger partial charge in [-0.25, -0.2) is 9.79 Å². The summed E-state index contributed by atoms with van der Waals surface area (Å²) < 4.78 is 24.3. The van der Waals surface area contributed by atoms with Gasteiger partial charge in [0, 0.05) is 0 Å². The SMILES string of the molecule is CCOC(=O)C1=C(C)N=c2sc(=Cc3ccc(OCc4ccccc4)c(OC)c3)c(=O)n2[C@@H]1c1ccc(OC)cc1. The van der Waals surface area contributed by atoms with Gasteiger partial charge in [0.2, 0.25) is 0 Å². The number of allylic oxidation sites excluding steroid dienone is 1. The fourth-order valence-corrected chi connectivity index (χ4v) is 5.72. The standard InChI is InChI=1S/C32H30N2O6S/c1-5-39-31(36)28-20(2)33-32-34(29(28)23-12-14-24(37-3)15-13-23)30(35)27(41-32)18-22-11-16-25(26(17-22)38-4)40-19-21-9-7-6-8-10-21/h6-18,29H,5,19H2,1-4H3/t29-/m1/s1. The van der Waals surface area contributed by atoms with E-state index in [1.807, 2.05) is 60.7 Å². The number of nitrogens with zero attached hydrogens (tertiary/aromatic N) is 2. The van der Waals surface area contributed by atoms with Crippen LogP contribution in [0.4, 0.5) is 0 Å². The molecule has 0 fully saturated rings. The van der Waals surface area contributed by atoms with Crippen LogP contribution in [-0.4, -0.2) is 31.4 Å². The van der Waals surface area contributed by atoms with Gasteiger partial charge in [-0.1, -0.05) is 59.9 Å². The summed E-state index contributed by atoms with van der Waals surface area (Å²) in [5.41, 5.74) is 3.14. The van der Waals surface area contributed by atoms with Gasteiger partial charge >= 0.3 is 5.97 Å². The zero-order valence-corrected chi connectivity index (χ0v) is 24.1. The van der Waals surface area contributed by atoms with E-state index in [1.54, 1.807) is 50.8 Å². The van der Waals surface area contributed by atoms with Crippen molar-refractivity contribution in [3.63, 3.8) is 0 Å². The lowest BCUT2D eigenvalue weighted by atomic mass is 9.96. The lowest BCUT2D eigenvalue weighted by molar-refractivity contribution is -0.139. The minimum atomic E-state index is -0.693. The van der Waals surface area contributed by atoms with Crippen molar-refractivity contribution in [2.45, 2.75) is 26.5 Å². The van der Waals surface area contributed by atoms with Gasteiger partial charge in [-0.05, 0) is 60.9 Å². The van der Waals surface area contributed by atoms with E-state index in [1.165, 1.54) is 11.3 Å². The van der Waals surface area contributed by atoms with Gasteiger partial charge in [-0.3, -0.25) is 9.36 Å². The number of aromatic nitrogens is 1. The quantitative estimate of drug-likeness (QED) is 0.277. The summed E-state index contributed by atoms with van der Waals surface area (Å²) >= 11 is 1.26. The van der Waals surface area contributed by atoms with Crippen molar-refractivity contribution in [2.24, 2.45) is 4.99 Å². The lowest BCUT2D eigenvalue weighted by Gasteiger charge is -2.24. The predicted octanol–water partition coefficient (Wildman–Crippen LogP) is 4.39. The number of rotatable bonds is 9. The second kappa shape index (κ2) is 12.3. The van der Waals surface area contributed by atoms with Gasteiger partial charge < -0.3 is 18.9 Å². The Morgan fingerprint density at radius 2 is 1.76 bits per heavy atom. The van der Waals surface area contributed by atoms with E-state index in [0.717, 1.165) is 16.7 Å². The molecule has 1 aromatic heterocycles. The second-order valence-electron chi connectivity index (χ2n) is 9.26. The zero-order chi connectivity index (χ0) is 28.9. The average Bonchev–Trinajstić information content (AvgIpc) is 3.30. The van der Waals surface area contributed by atoms with Crippen molar-refractivity contribution in [3.8, 4) is 17.2 Å². The van der Waals surface area contributed by atoms with Crippen LogP contribution in [0.3, 0.4) is 0 Å². The van der Waals surface area contributed by atoms with Crippen molar-refractivity contribution >= 4 is 23.4 Å². The van der Waals surface area contributed by atoms with Gasteiger partial charge in [0.1, 0.15) is 12.4 Å². The maximum absolute atomic E-state index is 13.9. The molecule has 0 saturated carbocycles. The molecule has 210 valence electrons. The third kappa shape index (κ3) is 5.81. The molecular weight excluding hydrogens is 540 g/mol. The minimum absolute atomic E-state index is 0.211. The molecule has 3 aromatic carbocycles. The number of thiazole rings is 1. The van der Waals surface area contributed by atoms with Crippen molar-refractivity contribution in [3.05, 3.63) is 120 Å². The number of hydrogen-bond donors (Lipinski definition) is 0. The smallest absolute Gasteiger partial charge is 0.338 e.